The molecule has 0 fully saturated rings. The first-order chi connectivity index (χ1) is 27.7. The quantitative estimate of drug-likeness (QED) is 0.170. The van der Waals surface area contributed by atoms with Gasteiger partial charge < -0.3 is 4.42 Å². The number of hydrogen-bond acceptors (Lipinski definition) is 6. The fourth-order valence-electron chi connectivity index (χ4n) is 7.55. The van der Waals surface area contributed by atoms with Crippen LogP contribution in [-0.4, -0.2) is 19.9 Å². The molecular formula is C50H30N4OS. The summed E-state index contributed by atoms with van der Waals surface area (Å²) >= 11 is 1.70. The van der Waals surface area contributed by atoms with Crippen LogP contribution < -0.4 is 0 Å². The van der Waals surface area contributed by atoms with E-state index in [2.05, 4.69) is 164 Å². The predicted molar refractivity (Wildman–Crippen MR) is 230 cm³/mol. The fourth-order valence-corrected chi connectivity index (χ4v) is 8.53. The van der Waals surface area contributed by atoms with Crippen LogP contribution in [0.5, 0.6) is 0 Å². The van der Waals surface area contributed by atoms with Gasteiger partial charge in [-0.15, -0.1) is 11.3 Å². The second kappa shape index (κ2) is 13.2. The smallest absolute Gasteiger partial charge is 0.164 e. The number of thiazole rings is 1. The van der Waals surface area contributed by atoms with Gasteiger partial charge in [0.25, 0.3) is 0 Å². The standard InChI is InChI=1S/C50H30N4OS/c1-4-10-31(11-5-1)33-16-21-36(22-17-33)47-52-48(37-23-18-34(19-24-37)32-12-6-2-7-13-32)54-49(53-47)39-25-20-35-26-27-41-44(40(35)30-39)45-42(55-41)28-29-43-46(45)51-50(56-43)38-14-8-3-9-15-38/h1-30H. The Balaban J connectivity index is 1.08. The third-order valence-corrected chi connectivity index (χ3v) is 11.5. The van der Waals surface area contributed by atoms with Crippen molar-refractivity contribution in [2.75, 3.05) is 0 Å². The van der Waals surface area contributed by atoms with E-state index in [9.17, 15) is 0 Å². The molecule has 0 unspecified atom stereocenters. The first-order valence-electron chi connectivity index (χ1n) is 18.5. The molecule has 0 aliphatic heterocycles. The normalized spacial score (nSPS) is 11.6. The second-order valence-corrected chi connectivity index (χ2v) is 14.9. The molecule has 0 aliphatic rings. The van der Waals surface area contributed by atoms with E-state index in [0.29, 0.717) is 17.5 Å². The lowest BCUT2D eigenvalue weighted by Crippen LogP contribution is -2.00. The van der Waals surface area contributed by atoms with Crippen molar-refractivity contribution in [2.24, 2.45) is 0 Å². The Hall–Kier alpha value is -7.28. The molecule has 3 aromatic heterocycles. The number of furan rings is 1. The summed E-state index contributed by atoms with van der Waals surface area (Å²) < 4.78 is 7.61. The largest absolute Gasteiger partial charge is 0.456 e. The molecule has 11 rings (SSSR count). The van der Waals surface area contributed by atoms with Crippen molar-refractivity contribution in [3.8, 4) is 67.0 Å². The maximum atomic E-state index is 6.49. The third-order valence-electron chi connectivity index (χ3n) is 10.4. The molecule has 0 saturated heterocycles. The second-order valence-electron chi connectivity index (χ2n) is 13.8. The van der Waals surface area contributed by atoms with Crippen molar-refractivity contribution in [1.29, 1.82) is 0 Å². The molecular weight excluding hydrogens is 705 g/mol. The lowest BCUT2D eigenvalue weighted by Gasteiger charge is -2.10. The van der Waals surface area contributed by atoms with Gasteiger partial charge in [0.1, 0.15) is 16.2 Å². The molecule has 0 radical (unpaired) electrons. The Morgan fingerprint density at radius 1 is 0.357 bits per heavy atom. The first-order valence-corrected chi connectivity index (χ1v) is 19.4. The molecule has 0 bridgehead atoms. The summed E-state index contributed by atoms with van der Waals surface area (Å²) in [6.07, 6.45) is 0. The van der Waals surface area contributed by atoms with Gasteiger partial charge in [0.05, 0.1) is 15.6 Å². The van der Waals surface area contributed by atoms with E-state index < -0.39 is 0 Å². The highest BCUT2D eigenvalue weighted by Crippen LogP contribution is 2.42. The number of nitrogens with zero attached hydrogens (tertiary/aromatic N) is 4. The van der Waals surface area contributed by atoms with Crippen molar-refractivity contribution in [2.45, 2.75) is 0 Å². The molecule has 56 heavy (non-hydrogen) atoms. The Kier molecular flexibility index (Phi) is 7.60. The highest BCUT2D eigenvalue weighted by atomic mass is 32.1. The summed E-state index contributed by atoms with van der Waals surface area (Å²) in [5.41, 5.74) is 11.0. The molecule has 0 atom stereocenters. The first kappa shape index (κ1) is 32.2. The van der Waals surface area contributed by atoms with Crippen molar-refractivity contribution >= 4 is 54.3 Å². The molecule has 3 heterocycles. The zero-order valence-corrected chi connectivity index (χ0v) is 30.7. The van der Waals surface area contributed by atoms with E-state index in [1.165, 1.54) is 0 Å². The number of benzene rings is 8. The Bertz CT molecular complexity index is 3110. The van der Waals surface area contributed by atoms with Crippen molar-refractivity contribution in [3.63, 3.8) is 0 Å². The van der Waals surface area contributed by atoms with Crippen LogP contribution in [0.15, 0.2) is 186 Å². The zero-order valence-electron chi connectivity index (χ0n) is 29.9. The number of aromatic nitrogens is 4. The lowest BCUT2D eigenvalue weighted by molar-refractivity contribution is 0.669. The SMILES string of the molecule is c1ccc(-c2ccc(-c3nc(-c4ccc(-c5ccccc5)cc4)nc(-c4ccc5ccc6oc7ccc8sc(-c9ccccc9)nc8c7c6c5c4)n3)cc2)cc1. The van der Waals surface area contributed by atoms with E-state index in [-0.39, 0.29) is 0 Å². The molecule has 0 spiro atoms. The Morgan fingerprint density at radius 2 is 0.804 bits per heavy atom. The maximum absolute atomic E-state index is 6.49. The van der Waals surface area contributed by atoms with Crippen molar-refractivity contribution in [1.82, 2.24) is 19.9 Å². The van der Waals surface area contributed by atoms with Crippen LogP contribution in [0.2, 0.25) is 0 Å². The van der Waals surface area contributed by atoms with Crippen LogP contribution >= 0.6 is 11.3 Å². The summed E-state index contributed by atoms with van der Waals surface area (Å²) in [4.78, 5) is 20.5. The average molecular weight is 735 g/mol. The van der Waals surface area contributed by atoms with Gasteiger partial charge in [0.15, 0.2) is 17.5 Å². The number of fused-ring (bicyclic) bond motifs is 7. The summed E-state index contributed by atoms with van der Waals surface area (Å²) in [5, 5.41) is 5.21. The van der Waals surface area contributed by atoms with Crippen LogP contribution in [0.1, 0.15) is 0 Å². The monoisotopic (exact) mass is 734 g/mol. The summed E-state index contributed by atoms with van der Waals surface area (Å²) in [6.45, 7) is 0. The molecule has 5 nitrogen and oxygen atoms in total. The van der Waals surface area contributed by atoms with Crippen LogP contribution in [0, 0.1) is 0 Å². The van der Waals surface area contributed by atoms with Gasteiger partial charge >= 0.3 is 0 Å². The van der Waals surface area contributed by atoms with E-state index in [0.717, 1.165) is 92.4 Å². The van der Waals surface area contributed by atoms with E-state index in [4.69, 9.17) is 24.4 Å². The van der Waals surface area contributed by atoms with Crippen molar-refractivity contribution < 1.29 is 4.42 Å². The average Bonchev–Trinajstić information content (AvgIpc) is 3.89. The van der Waals surface area contributed by atoms with Gasteiger partial charge in [-0.1, -0.05) is 158 Å². The topological polar surface area (TPSA) is 64.7 Å². The van der Waals surface area contributed by atoms with Crippen molar-refractivity contribution in [3.05, 3.63) is 182 Å². The minimum Gasteiger partial charge on any atom is -0.456 e. The van der Waals surface area contributed by atoms with E-state index in [1.807, 2.05) is 18.2 Å². The molecule has 0 saturated carbocycles. The minimum atomic E-state index is 0.598. The van der Waals surface area contributed by atoms with Crippen LogP contribution in [-0.2, 0) is 0 Å². The lowest BCUT2D eigenvalue weighted by atomic mass is 10.0. The van der Waals surface area contributed by atoms with Crippen LogP contribution in [0.3, 0.4) is 0 Å². The molecule has 0 amide bonds. The van der Waals surface area contributed by atoms with E-state index >= 15 is 0 Å². The van der Waals surface area contributed by atoms with Crippen LogP contribution in [0.25, 0.3) is 110 Å². The molecule has 6 heteroatoms. The third kappa shape index (κ3) is 5.63. The Morgan fingerprint density at radius 3 is 1.39 bits per heavy atom. The highest BCUT2D eigenvalue weighted by Gasteiger charge is 2.19. The fraction of sp³-hybridized carbons (Fsp3) is 0. The molecule has 262 valence electrons. The van der Waals surface area contributed by atoms with Crippen LogP contribution in [0.4, 0.5) is 0 Å². The Labute approximate surface area is 326 Å². The molecule has 0 N–H and O–H groups in total. The summed E-state index contributed by atoms with van der Waals surface area (Å²) in [7, 11) is 0. The summed E-state index contributed by atoms with van der Waals surface area (Å²) in [5.74, 6) is 1.82. The minimum absolute atomic E-state index is 0.598. The van der Waals surface area contributed by atoms with Gasteiger partial charge in [-0.2, -0.15) is 0 Å². The van der Waals surface area contributed by atoms with Gasteiger partial charge in [-0.3, -0.25) is 0 Å². The maximum Gasteiger partial charge on any atom is 0.164 e. The summed E-state index contributed by atoms with van der Waals surface area (Å²) in [6, 6.07) is 62.8. The van der Waals surface area contributed by atoms with Gasteiger partial charge in [0.2, 0.25) is 0 Å². The van der Waals surface area contributed by atoms with Gasteiger partial charge in [-0.05, 0) is 57.3 Å². The van der Waals surface area contributed by atoms with Gasteiger partial charge in [-0.25, -0.2) is 19.9 Å². The number of rotatable bonds is 6. The van der Waals surface area contributed by atoms with Gasteiger partial charge in [0, 0.05) is 27.6 Å². The molecule has 11 aromatic rings. The molecule has 0 aliphatic carbocycles. The molecule has 8 aromatic carbocycles. The zero-order chi connectivity index (χ0) is 37.0. The van der Waals surface area contributed by atoms with E-state index in [1.54, 1.807) is 11.3 Å². The number of hydrogen-bond donors (Lipinski definition) is 0. The predicted octanol–water partition coefficient (Wildman–Crippen LogP) is 13.5. The highest BCUT2D eigenvalue weighted by molar-refractivity contribution is 7.21.